The predicted octanol–water partition coefficient (Wildman–Crippen LogP) is 9.71. The van der Waals surface area contributed by atoms with Crippen LogP contribution in [0.4, 0.5) is 24.5 Å². The molecule has 3 aromatic carbocycles. The minimum Gasteiger partial charge on any atom is -0.487 e. The van der Waals surface area contributed by atoms with Gasteiger partial charge < -0.3 is 19.4 Å². The van der Waals surface area contributed by atoms with E-state index in [4.69, 9.17) is 9.47 Å². The number of H-pyrrole nitrogens is 1. The number of hydrogen-bond donors (Lipinski definition) is 2. The van der Waals surface area contributed by atoms with E-state index in [1.54, 1.807) is 36.5 Å². The first-order valence-electron chi connectivity index (χ1n) is 21.2. The molecule has 1 aliphatic carbocycles. The maximum absolute atomic E-state index is 14.1. The molecule has 0 spiro atoms. The number of amides is 1. The van der Waals surface area contributed by atoms with Gasteiger partial charge in [-0.25, -0.2) is 18.1 Å². The molecule has 2 fully saturated rings. The smallest absolute Gasteiger partial charge is 0.416 e. The van der Waals surface area contributed by atoms with Crippen LogP contribution < -0.4 is 19.1 Å². The van der Waals surface area contributed by atoms with E-state index in [1.165, 1.54) is 30.0 Å². The molecular formula is C46H49F3N6O7S2. The summed E-state index contributed by atoms with van der Waals surface area (Å²) in [7, 11) is -4.64. The number of nitrogens with one attached hydrogen (secondary N) is 2. The van der Waals surface area contributed by atoms with E-state index in [2.05, 4.69) is 38.3 Å². The van der Waals surface area contributed by atoms with Crippen molar-refractivity contribution in [3.8, 4) is 17.2 Å². The highest BCUT2D eigenvalue weighted by Crippen LogP contribution is 2.44. The predicted molar refractivity (Wildman–Crippen MR) is 241 cm³/mol. The Morgan fingerprint density at radius 3 is 2.50 bits per heavy atom. The van der Waals surface area contributed by atoms with E-state index in [0.717, 1.165) is 78.3 Å². The summed E-state index contributed by atoms with van der Waals surface area (Å²) in [4.78, 5) is 36.8. The molecule has 3 aliphatic rings. The van der Waals surface area contributed by atoms with Crippen LogP contribution in [0.1, 0.15) is 67.4 Å². The zero-order valence-electron chi connectivity index (χ0n) is 35.4. The minimum absolute atomic E-state index is 0.000767. The van der Waals surface area contributed by atoms with Crippen molar-refractivity contribution in [2.24, 2.45) is 11.3 Å². The van der Waals surface area contributed by atoms with E-state index in [0.29, 0.717) is 49.8 Å². The highest BCUT2D eigenvalue weighted by Gasteiger charge is 2.33. The third-order valence-corrected chi connectivity index (χ3v) is 14.6. The topological polar surface area (TPSA) is 160 Å². The third-order valence-electron chi connectivity index (χ3n) is 12.2. The molecule has 2 aliphatic heterocycles. The number of para-hydroxylation sites is 1. The lowest BCUT2D eigenvalue weighted by Crippen LogP contribution is -2.47. The van der Waals surface area contributed by atoms with Gasteiger partial charge >= 0.3 is 11.9 Å². The number of halogens is 3. The van der Waals surface area contributed by atoms with Gasteiger partial charge in [-0.1, -0.05) is 37.6 Å². The lowest BCUT2D eigenvalue weighted by molar-refractivity contribution is -0.386. The average Bonchev–Trinajstić information content (AvgIpc) is 3.75. The minimum atomic E-state index is -4.64. The second kappa shape index (κ2) is 18.5. The SMILES string of the molecule is CC1(C)CCC(CN2CCN(c3cccc(C(=O)NS(=O)(=O)c4ccc(OCC5CCSCC5)c([N+](=O)[O-])c4)c3Oc3cnc4[nH]ccc4c3)CC2)=C(c2ccc(C(F)(F)F)cc2)C1. The number of nitrogens with zero attached hydrogens (tertiary/aromatic N) is 4. The first kappa shape index (κ1) is 45.0. The van der Waals surface area contributed by atoms with Gasteiger partial charge in [-0.15, -0.1) is 0 Å². The number of nitro groups is 1. The molecule has 2 saturated heterocycles. The summed E-state index contributed by atoms with van der Waals surface area (Å²) in [5.41, 5.74) is 2.95. The van der Waals surface area contributed by atoms with E-state index < -0.39 is 43.2 Å². The van der Waals surface area contributed by atoms with Crippen molar-refractivity contribution in [1.82, 2.24) is 19.6 Å². The summed E-state index contributed by atoms with van der Waals surface area (Å²) >= 11 is 1.85. The summed E-state index contributed by atoms with van der Waals surface area (Å²) < 4.78 is 82.1. The number of hydrogen-bond acceptors (Lipinski definition) is 11. The molecule has 338 valence electrons. The number of allylic oxidation sites excluding steroid dienone is 1. The van der Waals surface area contributed by atoms with Crippen molar-refractivity contribution in [3.63, 3.8) is 0 Å². The van der Waals surface area contributed by atoms with Gasteiger partial charge in [-0.3, -0.25) is 19.8 Å². The molecule has 8 rings (SSSR count). The first-order valence-corrected chi connectivity index (χ1v) is 23.8. The standard InChI is InChI=1S/C46H49F3N6O7S2/c1-45(2)16-12-33(38(26-45)31-6-8-34(9-7-31)46(47,48)49)28-53-18-20-54(21-19-53)39-5-3-4-37(42(39)62-35-24-32-13-17-50-43(32)51-27-35)44(56)52-64(59,60)36-10-11-41(40(25-36)55(57)58)61-29-30-14-22-63-23-15-30/h3-11,13,17,24-25,27,30H,12,14-16,18-23,26,28-29H2,1-2H3,(H,50,51)(H,52,56). The molecule has 18 heteroatoms. The molecule has 0 unspecified atom stereocenters. The third kappa shape index (κ3) is 10.3. The van der Waals surface area contributed by atoms with Gasteiger partial charge in [-0.05, 0) is 115 Å². The van der Waals surface area contributed by atoms with Crippen molar-refractivity contribution in [3.05, 3.63) is 118 Å². The number of sulfonamides is 1. The highest BCUT2D eigenvalue weighted by molar-refractivity contribution is 7.99. The van der Waals surface area contributed by atoms with Crippen LogP contribution in [0.5, 0.6) is 17.2 Å². The Kier molecular flexibility index (Phi) is 13.0. The van der Waals surface area contributed by atoms with E-state index in [-0.39, 0.29) is 35.0 Å². The molecule has 64 heavy (non-hydrogen) atoms. The summed E-state index contributed by atoms with van der Waals surface area (Å²) in [5, 5.41) is 12.8. The number of thioether (sulfide) groups is 1. The maximum Gasteiger partial charge on any atom is 0.416 e. The Morgan fingerprint density at radius 2 is 1.78 bits per heavy atom. The molecule has 5 aromatic rings. The van der Waals surface area contributed by atoms with Gasteiger partial charge in [0, 0.05) is 50.4 Å². The molecule has 0 atom stereocenters. The number of alkyl halides is 3. The van der Waals surface area contributed by atoms with Crippen LogP contribution in [-0.4, -0.2) is 85.0 Å². The van der Waals surface area contributed by atoms with Gasteiger partial charge in [0.2, 0.25) is 0 Å². The summed E-state index contributed by atoms with van der Waals surface area (Å²) in [6.07, 6.45) is 3.19. The molecule has 0 radical (unpaired) electrons. The van der Waals surface area contributed by atoms with Crippen LogP contribution in [0, 0.1) is 21.4 Å². The fraction of sp³-hybridized carbons (Fsp3) is 0.391. The number of nitro benzene ring substituents is 1. The number of carbonyl (C=O) groups excluding carboxylic acids is 1. The second-order valence-corrected chi connectivity index (χ2v) is 20.2. The number of anilines is 1. The summed E-state index contributed by atoms with van der Waals surface area (Å²) in [6, 6.07) is 17.2. The second-order valence-electron chi connectivity index (χ2n) is 17.3. The van der Waals surface area contributed by atoms with Crippen LogP contribution in [0.25, 0.3) is 16.6 Å². The first-order chi connectivity index (χ1) is 30.5. The number of aromatic nitrogens is 2. The lowest BCUT2D eigenvalue weighted by Gasteiger charge is -2.39. The van der Waals surface area contributed by atoms with E-state index in [1.807, 2.05) is 17.8 Å². The van der Waals surface area contributed by atoms with Crippen molar-refractivity contribution in [2.45, 2.75) is 57.0 Å². The number of fused-ring (bicyclic) bond motifs is 1. The van der Waals surface area contributed by atoms with E-state index >= 15 is 0 Å². The van der Waals surface area contributed by atoms with Crippen molar-refractivity contribution < 1.29 is 40.8 Å². The average molecular weight is 919 g/mol. The van der Waals surface area contributed by atoms with Gasteiger partial charge in [0.15, 0.2) is 11.5 Å². The Morgan fingerprint density at radius 1 is 1.03 bits per heavy atom. The molecule has 13 nitrogen and oxygen atoms in total. The Hall–Kier alpha value is -5.59. The molecule has 0 saturated carbocycles. The van der Waals surface area contributed by atoms with Crippen molar-refractivity contribution in [2.75, 3.05) is 55.7 Å². The quantitative estimate of drug-likeness (QED) is 0.0855. The largest absolute Gasteiger partial charge is 0.487 e. The summed E-state index contributed by atoms with van der Waals surface area (Å²) in [5.74, 6) is 1.54. The molecular weight excluding hydrogens is 870 g/mol. The number of rotatable bonds is 13. The Balaban J connectivity index is 1.03. The molecule has 2 aromatic heterocycles. The monoisotopic (exact) mass is 918 g/mol. The normalized spacial score (nSPS) is 17.7. The number of piperazine rings is 1. The number of ether oxygens (including phenoxy) is 2. The van der Waals surface area contributed by atoms with Crippen LogP contribution in [0.15, 0.2) is 95.7 Å². The molecule has 4 heterocycles. The van der Waals surface area contributed by atoms with Crippen LogP contribution in [0.3, 0.4) is 0 Å². The lowest BCUT2D eigenvalue weighted by atomic mass is 9.72. The zero-order chi connectivity index (χ0) is 45.2. The highest BCUT2D eigenvalue weighted by atomic mass is 32.2. The van der Waals surface area contributed by atoms with Gasteiger partial charge in [0.25, 0.3) is 15.9 Å². The Labute approximate surface area is 373 Å². The van der Waals surface area contributed by atoms with Gasteiger partial charge in [-0.2, -0.15) is 24.9 Å². The van der Waals surface area contributed by atoms with Gasteiger partial charge in [0.1, 0.15) is 11.4 Å². The summed E-state index contributed by atoms with van der Waals surface area (Å²) in [6.45, 7) is 7.55. The van der Waals surface area contributed by atoms with Crippen molar-refractivity contribution in [1.29, 1.82) is 0 Å². The zero-order valence-corrected chi connectivity index (χ0v) is 37.1. The van der Waals surface area contributed by atoms with Crippen LogP contribution >= 0.6 is 11.8 Å². The fourth-order valence-electron chi connectivity index (χ4n) is 8.53. The van der Waals surface area contributed by atoms with Gasteiger partial charge in [0.05, 0.1) is 39.4 Å². The number of carbonyl (C=O) groups is 1. The van der Waals surface area contributed by atoms with Crippen LogP contribution in [0.2, 0.25) is 0 Å². The fourth-order valence-corrected chi connectivity index (χ4v) is 10.7. The van der Waals surface area contributed by atoms with E-state index in [9.17, 15) is 36.5 Å². The molecule has 2 N–H and O–H groups in total. The molecule has 0 bridgehead atoms. The number of pyridine rings is 1. The van der Waals surface area contributed by atoms with Crippen molar-refractivity contribution >= 4 is 55.7 Å². The maximum atomic E-state index is 14.1. The Bertz CT molecular complexity index is 2670. The number of aromatic amines is 1. The van der Waals surface area contributed by atoms with Crippen LogP contribution in [-0.2, 0) is 16.2 Å². The number of benzene rings is 3. The molecule has 1 amide bonds.